The fourth-order valence-corrected chi connectivity index (χ4v) is 1.56. The molecular formula is C18H40N2O6. The molecule has 0 aliphatic rings. The molecule has 158 valence electrons. The highest BCUT2D eigenvalue weighted by Crippen LogP contribution is 1.98. The topological polar surface area (TPSA) is 103 Å². The van der Waals surface area contributed by atoms with Gasteiger partial charge in [0, 0.05) is 35.2 Å². The monoisotopic (exact) mass is 380 g/mol. The first kappa shape index (κ1) is 26.7. The van der Waals surface area contributed by atoms with Crippen LogP contribution in [-0.2, 0) is 28.6 Å². The molecule has 0 unspecified atom stereocenters. The Bertz CT molecular complexity index is 385. The third-order valence-electron chi connectivity index (χ3n) is 2.93. The second kappa shape index (κ2) is 19.8. The fourth-order valence-electron chi connectivity index (χ4n) is 1.56. The third-order valence-corrected chi connectivity index (χ3v) is 2.93. The second-order valence-corrected chi connectivity index (χ2v) is 5.48. The van der Waals surface area contributed by atoms with Gasteiger partial charge in [0.15, 0.2) is 0 Å². The average molecular weight is 381 g/mol. The maximum Gasteiger partial charge on any atom is 0.246 e. The molecule has 8 heteroatoms. The van der Waals surface area contributed by atoms with Crippen molar-refractivity contribution < 1.29 is 31.4 Å². The van der Waals surface area contributed by atoms with Gasteiger partial charge in [-0.25, -0.2) is 0 Å². The Labute approximate surface area is 160 Å². The Balaban J connectivity index is -0.000000695. The highest BCUT2D eigenvalue weighted by Gasteiger charge is 2.06. The van der Waals surface area contributed by atoms with E-state index >= 15 is 0 Å². The fraction of sp³-hybridized carbons (Fsp3) is 0.833. The Hall–Kier alpha value is -1.51. The van der Waals surface area contributed by atoms with E-state index in [-0.39, 0.29) is 33.0 Å². The molecule has 2 N–H and O–H groups in total. The Kier molecular flexibility index (Phi) is 20.4. The summed E-state index contributed by atoms with van der Waals surface area (Å²) in [4.78, 5) is 33.3. The minimum atomic E-state index is -0.232. The summed E-state index contributed by atoms with van der Waals surface area (Å²) in [6.45, 7) is 11.8. The standard InChI is InChI=1S/C16H30N2O6.C2H6.2H2/c1-13(2)15(20)4-7-22-10-11-23-8-6-18-16(21)12-24-9-5-17-14(3)19;1-2;;/h13H,4-12H2,1-3H3,(H,17,19)(H,18,21);1-2H3;2*1H. The normalized spacial score (nSPS) is 10.1. The van der Waals surface area contributed by atoms with Crippen molar-refractivity contribution in [2.24, 2.45) is 5.92 Å². The molecule has 0 rings (SSSR count). The van der Waals surface area contributed by atoms with Crippen LogP contribution < -0.4 is 10.6 Å². The van der Waals surface area contributed by atoms with Crippen LogP contribution in [0.15, 0.2) is 0 Å². The molecule has 0 heterocycles. The first-order chi connectivity index (χ1) is 12.4. The summed E-state index contributed by atoms with van der Waals surface area (Å²) in [5.74, 6) is -0.124. The number of Topliss-reactive ketones (excluding diaryl/α,β-unsaturated/α-hetero) is 1. The predicted octanol–water partition coefficient (Wildman–Crippen LogP) is 1.42. The molecule has 0 saturated heterocycles. The zero-order chi connectivity index (χ0) is 20.2. The van der Waals surface area contributed by atoms with Crippen molar-refractivity contribution in [3.8, 4) is 0 Å². The van der Waals surface area contributed by atoms with Crippen molar-refractivity contribution in [3.63, 3.8) is 0 Å². The van der Waals surface area contributed by atoms with Crippen LogP contribution in [0.1, 0.15) is 43.9 Å². The quantitative estimate of drug-likeness (QED) is 0.417. The minimum absolute atomic E-state index is 0. The van der Waals surface area contributed by atoms with Crippen LogP contribution in [0, 0.1) is 5.92 Å². The number of hydrogen-bond acceptors (Lipinski definition) is 6. The van der Waals surface area contributed by atoms with E-state index in [4.69, 9.17) is 14.2 Å². The van der Waals surface area contributed by atoms with Gasteiger partial charge in [-0.15, -0.1) is 0 Å². The molecule has 0 saturated carbocycles. The van der Waals surface area contributed by atoms with Gasteiger partial charge in [-0.05, 0) is 0 Å². The van der Waals surface area contributed by atoms with Gasteiger partial charge in [-0.2, -0.15) is 0 Å². The predicted molar refractivity (Wildman–Crippen MR) is 104 cm³/mol. The number of amides is 2. The number of carbonyl (C=O) groups is 3. The Morgan fingerprint density at radius 2 is 1.38 bits per heavy atom. The summed E-state index contributed by atoms with van der Waals surface area (Å²) in [7, 11) is 0. The van der Waals surface area contributed by atoms with Crippen molar-refractivity contribution in [3.05, 3.63) is 0 Å². The van der Waals surface area contributed by atoms with Gasteiger partial charge < -0.3 is 24.8 Å². The average Bonchev–Trinajstić information content (AvgIpc) is 2.61. The largest absolute Gasteiger partial charge is 0.379 e. The molecule has 0 bridgehead atoms. The van der Waals surface area contributed by atoms with E-state index in [1.807, 2.05) is 27.7 Å². The number of hydrogen-bond donors (Lipinski definition) is 2. The van der Waals surface area contributed by atoms with Gasteiger partial charge in [0.2, 0.25) is 11.8 Å². The summed E-state index contributed by atoms with van der Waals surface area (Å²) in [5, 5.41) is 5.22. The number of ether oxygens (including phenoxy) is 3. The minimum Gasteiger partial charge on any atom is -0.379 e. The molecule has 0 aromatic rings. The highest BCUT2D eigenvalue weighted by atomic mass is 16.5. The molecule has 0 aliphatic heterocycles. The van der Waals surface area contributed by atoms with E-state index < -0.39 is 0 Å². The molecule has 0 atom stereocenters. The Morgan fingerprint density at radius 1 is 0.846 bits per heavy atom. The highest BCUT2D eigenvalue weighted by molar-refractivity contribution is 5.80. The lowest BCUT2D eigenvalue weighted by Gasteiger charge is -2.08. The molecule has 0 spiro atoms. The van der Waals surface area contributed by atoms with E-state index in [0.29, 0.717) is 52.5 Å². The van der Waals surface area contributed by atoms with E-state index in [1.54, 1.807) is 0 Å². The van der Waals surface area contributed by atoms with Crippen molar-refractivity contribution in [2.75, 3.05) is 52.7 Å². The smallest absolute Gasteiger partial charge is 0.246 e. The molecule has 2 amide bonds. The zero-order valence-electron chi connectivity index (χ0n) is 16.9. The number of carbonyl (C=O) groups excluding carboxylic acids is 3. The summed E-state index contributed by atoms with van der Waals surface area (Å²) < 4.78 is 15.7. The maximum atomic E-state index is 11.4. The lowest BCUT2D eigenvalue weighted by Crippen LogP contribution is -2.32. The number of rotatable bonds is 15. The molecule has 0 aliphatic carbocycles. The van der Waals surface area contributed by atoms with Gasteiger partial charge in [0.05, 0.1) is 33.0 Å². The van der Waals surface area contributed by atoms with E-state index in [2.05, 4.69) is 10.6 Å². The first-order valence-corrected chi connectivity index (χ1v) is 9.20. The van der Waals surface area contributed by atoms with Crippen LogP contribution in [-0.4, -0.2) is 70.3 Å². The number of ketones is 1. The maximum absolute atomic E-state index is 11.4. The third kappa shape index (κ3) is 20.5. The molecule has 26 heavy (non-hydrogen) atoms. The lowest BCUT2D eigenvalue weighted by atomic mass is 10.1. The van der Waals surface area contributed by atoms with Crippen LogP contribution in [0.3, 0.4) is 0 Å². The molecular weight excluding hydrogens is 340 g/mol. The van der Waals surface area contributed by atoms with Crippen LogP contribution >= 0.6 is 0 Å². The first-order valence-electron chi connectivity index (χ1n) is 9.20. The molecule has 8 nitrogen and oxygen atoms in total. The van der Waals surface area contributed by atoms with Gasteiger partial charge in [0.25, 0.3) is 0 Å². The van der Waals surface area contributed by atoms with Crippen LogP contribution in [0.2, 0.25) is 0 Å². The van der Waals surface area contributed by atoms with Gasteiger partial charge in [0.1, 0.15) is 12.4 Å². The summed E-state index contributed by atoms with van der Waals surface area (Å²) in [6, 6.07) is 0. The molecule has 0 radical (unpaired) electrons. The van der Waals surface area contributed by atoms with E-state index in [9.17, 15) is 14.4 Å². The van der Waals surface area contributed by atoms with Gasteiger partial charge in [-0.3, -0.25) is 14.4 Å². The molecule has 0 aromatic heterocycles. The van der Waals surface area contributed by atoms with Crippen molar-refractivity contribution in [1.82, 2.24) is 10.6 Å². The van der Waals surface area contributed by atoms with Gasteiger partial charge >= 0.3 is 0 Å². The second-order valence-electron chi connectivity index (χ2n) is 5.48. The SMILES string of the molecule is CC.CC(=O)NCCOCC(=O)NCCOCCOCCC(=O)C(C)C.[HH].[HH]. The summed E-state index contributed by atoms with van der Waals surface area (Å²) in [6.07, 6.45) is 0.426. The Morgan fingerprint density at radius 3 is 1.96 bits per heavy atom. The lowest BCUT2D eigenvalue weighted by molar-refractivity contribution is -0.126. The zero-order valence-corrected chi connectivity index (χ0v) is 16.9. The molecule has 0 aromatic carbocycles. The van der Waals surface area contributed by atoms with Gasteiger partial charge in [-0.1, -0.05) is 27.7 Å². The van der Waals surface area contributed by atoms with E-state index in [1.165, 1.54) is 6.92 Å². The summed E-state index contributed by atoms with van der Waals surface area (Å²) in [5.41, 5.74) is 0. The van der Waals surface area contributed by atoms with Crippen molar-refractivity contribution in [1.29, 1.82) is 0 Å². The summed E-state index contributed by atoms with van der Waals surface area (Å²) >= 11 is 0. The van der Waals surface area contributed by atoms with E-state index in [0.717, 1.165) is 0 Å². The van der Waals surface area contributed by atoms with Crippen molar-refractivity contribution >= 4 is 17.6 Å². The molecule has 0 fully saturated rings. The van der Waals surface area contributed by atoms with Crippen LogP contribution in [0.25, 0.3) is 0 Å². The van der Waals surface area contributed by atoms with Crippen LogP contribution in [0.4, 0.5) is 0 Å². The van der Waals surface area contributed by atoms with Crippen LogP contribution in [0.5, 0.6) is 0 Å². The number of nitrogens with one attached hydrogen (secondary N) is 2. The van der Waals surface area contributed by atoms with Crippen molar-refractivity contribution in [2.45, 2.75) is 41.0 Å².